The van der Waals surface area contributed by atoms with E-state index in [-0.39, 0.29) is 12.4 Å². The first-order valence-corrected chi connectivity index (χ1v) is 7.02. The number of aliphatic hydroxyl groups excluding tert-OH is 1. The lowest BCUT2D eigenvalue weighted by atomic mass is 9.88. The van der Waals surface area contributed by atoms with Gasteiger partial charge in [0.15, 0.2) is 0 Å². The molecule has 0 aromatic heterocycles. The Labute approximate surface area is 123 Å². The van der Waals surface area contributed by atoms with Crippen molar-refractivity contribution >= 4 is 0 Å². The van der Waals surface area contributed by atoms with E-state index < -0.39 is 12.0 Å². The van der Waals surface area contributed by atoms with Crippen molar-refractivity contribution in [2.75, 3.05) is 6.54 Å². The molecule has 1 aliphatic heterocycles. The molecule has 110 valence electrons. The minimum absolute atomic E-state index is 0.176. The van der Waals surface area contributed by atoms with E-state index in [0.29, 0.717) is 18.8 Å². The minimum Gasteiger partial charge on any atom is -0.388 e. The molecule has 0 saturated heterocycles. The Morgan fingerprint density at radius 1 is 1.14 bits per heavy atom. The smallest absolute Gasteiger partial charge is 0.126 e. The molecule has 0 aliphatic carbocycles. The number of rotatable bonds is 4. The lowest BCUT2D eigenvalue weighted by Crippen LogP contribution is -2.21. The molecule has 3 nitrogen and oxygen atoms in total. The fourth-order valence-electron chi connectivity index (χ4n) is 2.81. The molecule has 0 amide bonds. The molecular formula is C17H18FNO2. The number of ether oxygens (including phenoxy) is 1. The average Bonchev–Trinajstić information content (AvgIpc) is 2.97. The number of hydrogen-bond donors (Lipinski definition) is 2. The Morgan fingerprint density at radius 3 is 2.67 bits per heavy atom. The Balaban J connectivity index is 1.92. The van der Waals surface area contributed by atoms with Crippen molar-refractivity contribution in [3.8, 4) is 0 Å². The van der Waals surface area contributed by atoms with Gasteiger partial charge in [-0.25, -0.2) is 4.39 Å². The first kappa shape index (κ1) is 14.2. The van der Waals surface area contributed by atoms with Crippen LogP contribution >= 0.6 is 0 Å². The van der Waals surface area contributed by atoms with E-state index in [9.17, 15) is 9.50 Å². The van der Waals surface area contributed by atoms with Gasteiger partial charge in [0.05, 0.1) is 19.3 Å². The first-order valence-electron chi connectivity index (χ1n) is 7.02. The monoisotopic (exact) mass is 287 g/mol. The van der Waals surface area contributed by atoms with E-state index in [1.165, 1.54) is 6.07 Å². The summed E-state index contributed by atoms with van der Waals surface area (Å²) in [5.41, 5.74) is 9.19. The molecule has 2 aromatic carbocycles. The molecule has 2 aromatic rings. The topological polar surface area (TPSA) is 55.5 Å². The van der Waals surface area contributed by atoms with Crippen LogP contribution in [-0.2, 0) is 18.0 Å². The van der Waals surface area contributed by atoms with E-state index in [2.05, 4.69) is 0 Å². The van der Waals surface area contributed by atoms with Crippen molar-refractivity contribution < 1.29 is 14.2 Å². The van der Waals surface area contributed by atoms with Crippen LogP contribution in [0.2, 0.25) is 0 Å². The van der Waals surface area contributed by atoms with Crippen LogP contribution in [0, 0.1) is 5.82 Å². The summed E-state index contributed by atoms with van der Waals surface area (Å²) in [6.45, 7) is 1.35. The summed E-state index contributed by atoms with van der Waals surface area (Å²) in [4.78, 5) is 0. The van der Waals surface area contributed by atoms with Gasteiger partial charge >= 0.3 is 0 Å². The van der Waals surface area contributed by atoms with E-state index in [4.69, 9.17) is 10.5 Å². The van der Waals surface area contributed by atoms with E-state index in [1.54, 1.807) is 18.2 Å². The molecule has 3 N–H and O–H groups in total. The predicted octanol–water partition coefficient (Wildman–Crippen LogP) is 2.63. The zero-order valence-corrected chi connectivity index (χ0v) is 11.6. The van der Waals surface area contributed by atoms with E-state index in [0.717, 1.165) is 16.7 Å². The van der Waals surface area contributed by atoms with Gasteiger partial charge in [0.25, 0.3) is 0 Å². The van der Waals surface area contributed by atoms with Gasteiger partial charge in [-0.1, -0.05) is 36.4 Å². The van der Waals surface area contributed by atoms with E-state index >= 15 is 0 Å². The molecule has 1 aliphatic rings. The van der Waals surface area contributed by atoms with Crippen molar-refractivity contribution in [3.05, 3.63) is 70.5 Å². The van der Waals surface area contributed by atoms with Gasteiger partial charge in [-0.15, -0.1) is 0 Å². The maximum Gasteiger partial charge on any atom is 0.126 e. The standard InChI is InChI=1S/C17H18FNO2/c18-16-4-2-1-3-14(16)15(8-19)17(20)11-5-6-12-9-21-10-13(12)7-11/h1-7,15,17,20H,8-10,19H2. The van der Waals surface area contributed by atoms with Gasteiger partial charge in [0.1, 0.15) is 5.82 Å². The van der Waals surface area contributed by atoms with Crippen LogP contribution in [0.3, 0.4) is 0 Å². The Morgan fingerprint density at radius 2 is 1.90 bits per heavy atom. The molecule has 0 spiro atoms. The van der Waals surface area contributed by atoms with E-state index in [1.807, 2.05) is 18.2 Å². The highest BCUT2D eigenvalue weighted by Crippen LogP contribution is 2.33. The van der Waals surface area contributed by atoms with Crippen molar-refractivity contribution in [1.29, 1.82) is 0 Å². The lowest BCUT2D eigenvalue weighted by molar-refractivity contribution is 0.134. The molecule has 2 atom stereocenters. The third-order valence-electron chi connectivity index (χ3n) is 4.03. The molecule has 4 heteroatoms. The second-order valence-corrected chi connectivity index (χ2v) is 5.33. The van der Waals surface area contributed by atoms with Gasteiger partial charge in [-0.2, -0.15) is 0 Å². The highest BCUT2D eigenvalue weighted by Gasteiger charge is 2.25. The minimum atomic E-state index is -0.835. The molecule has 0 bridgehead atoms. The number of nitrogens with two attached hydrogens (primary N) is 1. The van der Waals surface area contributed by atoms with Crippen LogP contribution in [0.15, 0.2) is 42.5 Å². The van der Waals surface area contributed by atoms with Crippen LogP contribution in [0.1, 0.15) is 34.3 Å². The third-order valence-corrected chi connectivity index (χ3v) is 4.03. The maximum absolute atomic E-state index is 13.9. The van der Waals surface area contributed by atoms with Crippen molar-refractivity contribution in [1.82, 2.24) is 0 Å². The summed E-state index contributed by atoms with van der Waals surface area (Å²) in [6.07, 6.45) is -0.835. The van der Waals surface area contributed by atoms with Crippen molar-refractivity contribution in [2.24, 2.45) is 5.73 Å². The van der Waals surface area contributed by atoms with Crippen molar-refractivity contribution in [3.63, 3.8) is 0 Å². The molecular weight excluding hydrogens is 269 g/mol. The molecule has 3 rings (SSSR count). The highest BCUT2D eigenvalue weighted by atomic mass is 19.1. The normalized spacial score (nSPS) is 16.5. The molecule has 0 fully saturated rings. The van der Waals surface area contributed by atoms with Crippen LogP contribution in [0.4, 0.5) is 4.39 Å². The molecule has 2 unspecified atom stereocenters. The van der Waals surface area contributed by atoms with Crippen molar-refractivity contribution in [2.45, 2.75) is 25.2 Å². The number of fused-ring (bicyclic) bond motifs is 1. The number of halogens is 1. The number of benzene rings is 2. The number of hydrogen-bond acceptors (Lipinski definition) is 3. The maximum atomic E-state index is 13.9. The van der Waals surface area contributed by atoms with Gasteiger partial charge in [-0.3, -0.25) is 0 Å². The Bertz CT molecular complexity index is 644. The van der Waals surface area contributed by atoms with Gasteiger partial charge in [0.2, 0.25) is 0 Å². The predicted molar refractivity (Wildman–Crippen MR) is 78.1 cm³/mol. The zero-order valence-electron chi connectivity index (χ0n) is 11.6. The molecule has 21 heavy (non-hydrogen) atoms. The third kappa shape index (κ3) is 2.70. The van der Waals surface area contributed by atoms with Gasteiger partial charge in [-0.05, 0) is 28.3 Å². The zero-order chi connectivity index (χ0) is 14.8. The Hall–Kier alpha value is -1.75. The van der Waals surface area contributed by atoms with Crippen LogP contribution in [0.5, 0.6) is 0 Å². The summed E-state index contributed by atoms with van der Waals surface area (Å²) >= 11 is 0. The SMILES string of the molecule is NCC(c1ccccc1F)C(O)c1ccc2c(c1)COC2. The largest absolute Gasteiger partial charge is 0.388 e. The first-order chi connectivity index (χ1) is 10.2. The average molecular weight is 287 g/mol. The van der Waals surface area contributed by atoms with Gasteiger partial charge in [0, 0.05) is 12.5 Å². The quantitative estimate of drug-likeness (QED) is 0.909. The summed E-state index contributed by atoms with van der Waals surface area (Å²) in [5.74, 6) is -0.803. The highest BCUT2D eigenvalue weighted by molar-refractivity contribution is 5.36. The fraction of sp³-hybridized carbons (Fsp3) is 0.294. The Kier molecular flexibility index (Phi) is 4.01. The summed E-state index contributed by atoms with van der Waals surface area (Å²) in [7, 11) is 0. The summed E-state index contributed by atoms with van der Waals surface area (Å²) in [6, 6.07) is 12.2. The number of aliphatic hydroxyl groups is 1. The summed E-state index contributed by atoms with van der Waals surface area (Å²) in [5, 5.41) is 10.6. The summed E-state index contributed by atoms with van der Waals surface area (Å²) < 4.78 is 19.3. The van der Waals surface area contributed by atoms with Crippen LogP contribution in [0.25, 0.3) is 0 Å². The fourth-order valence-corrected chi connectivity index (χ4v) is 2.81. The molecule has 0 radical (unpaired) electrons. The van der Waals surface area contributed by atoms with Crippen LogP contribution in [-0.4, -0.2) is 11.7 Å². The second kappa shape index (κ2) is 5.93. The molecule has 1 heterocycles. The lowest BCUT2D eigenvalue weighted by Gasteiger charge is -2.23. The van der Waals surface area contributed by atoms with Crippen LogP contribution < -0.4 is 5.73 Å². The van der Waals surface area contributed by atoms with Gasteiger partial charge < -0.3 is 15.6 Å². The molecule has 0 saturated carbocycles. The second-order valence-electron chi connectivity index (χ2n) is 5.33.